The smallest absolute Gasteiger partial charge is 0.337 e. The van der Waals surface area contributed by atoms with Crippen molar-refractivity contribution in [1.29, 1.82) is 0 Å². The second-order valence-electron chi connectivity index (χ2n) is 7.75. The van der Waals surface area contributed by atoms with Gasteiger partial charge in [0, 0.05) is 29.3 Å². The fourth-order valence-corrected chi connectivity index (χ4v) is 4.50. The third kappa shape index (κ3) is 3.36. The molecule has 0 amide bonds. The zero-order valence-corrected chi connectivity index (χ0v) is 15.8. The summed E-state index contributed by atoms with van der Waals surface area (Å²) in [7, 11) is 0. The molecule has 0 aromatic heterocycles. The summed E-state index contributed by atoms with van der Waals surface area (Å²) >= 11 is 0. The summed E-state index contributed by atoms with van der Waals surface area (Å²) in [6, 6.07) is 3.56. The summed E-state index contributed by atoms with van der Waals surface area (Å²) in [6.07, 6.45) is 5.36. The van der Waals surface area contributed by atoms with Gasteiger partial charge in [-0.25, -0.2) is 13.6 Å². The van der Waals surface area contributed by atoms with E-state index in [1.807, 2.05) is 0 Å². The molecule has 2 aliphatic carbocycles. The van der Waals surface area contributed by atoms with Crippen LogP contribution in [0.2, 0.25) is 0 Å². The molecule has 1 atom stereocenters. The van der Waals surface area contributed by atoms with Gasteiger partial charge >= 0.3 is 5.97 Å². The van der Waals surface area contributed by atoms with Crippen LogP contribution in [0, 0.1) is 11.6 Å². The number of nitrogens with one attached hydrogen (secondary N) is 1. The van der Waals surface area contributed by atoms with Gasteiger partial charge in [-0.05, 0) is 63.1 Å². The Bertz CT molecular complexity index is 897. The van der Waals surface area contributed by atoms with Gasteiger partial charge in [0.05, 0.1) is 5.57 Å². The van der Waals surface area contributed by atoms with Crippen molar-refractivity contribution in [1.82, 2.24) is 5.32 Å². The molecule has 1 aliphatic heterocycles. The Morgan fingerprint density at radius 2 is 1.86 bits per heavy atom. The number of benzene rings is 1. The first-order chi connectivity index (χ1) is 13.5. The summed E-state index contributed by atoms with van der Waals surface area (Å²) in [6.45, 7) is 1.76. The Morgan fingerprint density at radius 3 is 2.57 bits per heavy atom. The van der Waals surface area contributed by atoms with Crippen LogP contribution in [0.3, 0.4) is 0 Å². The lowest BCUT2D eigenvalue weighted by Gasteiger charge is -2.34. The van der Waals surface area contributed by atoms with Gasteiger partial charge in [-0.1, -0.05) is 6.07 Å². The van der Waals surface area contributed by atoms with E-state index in [9.17, 15) is 18.4 Å². The average Bonchev–Trinajstić information content (AvgIpc) is 3.16. The van der Waals surface area contributed by atoms with Crippen molar-refractivity contribution in [2.45, 2.75) is 63.9 Å². The Kier molecular flexibility index (Phi) is 5.04. The van der Waals surface area contributed by atoms with Gasteiger partial charge in [-0.2, -0.15) is 0 Å². The van der Waals surface area contributed by atoms with E-state index in [0.717, 1.165) is 49.9 Å². The Labute approximate surface area is 162 Å². The molecule has 1 N–H and O–H groups in total. The minimum absolute atomic E-state index is 0.0675. The average molecular weight is 387 g/mol. The van der Waals surface area contributed by atoms with Crippen LogP contribution in [0.4, 0.5) is 8.78 Å². The molecule has 6 heteroatoms. The molecular weight excluding hydrogens is 364 g/mol. The summed E-state index contributed by atoms with van der Waals surface area (Å²) in [5, 5.41) is 3.20. The summed E-state index contributed by atoms with van der Waals surface area (Å²) in [4.78, 5) is 25.8. The van der Waals surface area contributed by atoms with Crippen molar-refractivity contribution in [3.63, 3.8) is 0 Å². The minimum Gasteiger partial charge on any atom is -0.459 e. The molecule has 28 heavy (non-hydrogen) atoms. The van der Waals surface area contributed by atoms with Crippen LogP contribution in [0.1, 0.15) is 63.4 Å². The van der Waals surface area contributed by atoms with Crippen molar-refractivity contribution < 1.29 is 23.1 Å². The second kappa shape index (κ2) is 7.49. The zero-order chi connectivity index (χ0) is 19.8. The molecule has 0 bridgehead atoms. The van der Waals surface area contributed by atoms with Crippen LogP contribution in [0.25, 0.3) is 0 Å². The third-order valence-electron chi connectivity index (χ3n) is 5.85. The lowest BCUT2D eigenvalue weighted by atomic mass is 9.75. The lowest BCUT2D eigenvalue weighted by molar-refractivity contribution is -0.144. The fraction of sp³-hybridized carbons (Fsp3) is 0.455. The molecule has 0 spiro atoms. The van der Waals surface area contributed by atoms with Crippen LogP contribution in [0.15, 0.2) is 40.7 Å². The number of hydrogen-bond acceptors (Lipinski definition) is 4. The van der Waals surface area contributed by atoms with Gasteiger partial charge in [0.25, 0.3) is 0 Å². The van der Waals surface area contributed by atoms with Crippen molar-refractivity contribution >= 4 is 11.8 Å². The maximum absolute atomic E-state index is 14.0. The highest BCUT2D eigenvalue weighted by molar-refractivity contribution is 6.03. The molecule has 1 aromatic rings. The maximum atomic E-state index is 14.0. The van der Waals surface area contributed by atoms with Crippen LogP contribution < -0.4 is 5.32 Å². The molecule has 1 aromatic carbocycles. The Morgan fingerprint density at radius 1 is 1.11 bits per heavy atom. The van der Waals surface area contributed by atoms with Crippen LogP contribution in [-0.2, 0) is 14.3 Å². The van der Waals surface area contributed by atoms with E-state index in [2.05, 4.69) is 5.32 Å². The number of allylic oxidation sites excluding steroid dienone is 3. The molecule has 1 saturated carbocycles. The Balaban J connectivity index is 1.78. The molecular formula is C22H23F2NO3. The summed E-state index contributed by atoms with van der Waals surface area (Å²) < 4.78 is 33.2. The predicted molar refractivity (Wildman–Crippen MR) is 99.2 cm³/mol. The number of carbonyl (C=O) groups excluding carboxylic acids is 2. The monoisotopic (exact) mass is 387 g/mol. The molecule has 0 saturated heterocycles. The predicted octanol–water partition coefficient (Wildman–Crippen LogP) is 4.42. The van der Waals surface area contributed by atoms with Crippen LogP contribution in [0.5, 0.6) is 0 Å². The number of esters is 1. The minimum atomic E-state index is -0.998. The van der Waals surface area contributed by atoms with E-state index in [-0.39, 0.29) is 11.9 Å². The highest BCUT2D eigenvalue weighted by atomic mass is 19.2. The van der Waals surface area contributed by atoms with Crippen LogP contribution in [-0.4, -0.2) is 17.9 Å². The number of Topliss-reactive ketones (excluding diaryl/α,β-unsaturated/α-hetero) is 1. The number of carbonyl (C=O) groups is 2. The third-order valence-corrected chi connectivity index (χ3v) is 5.85. The fourth-order valence-electron chi connectivity index (χ4n) is 4.50. The molecule has 0 unspecified atom stereocenters. The van der Waals surface area contributed by atoms with Crippen molar-refractivity contribution in [3.05, 3.63) is 57.9 Å². The molecule has 148 valence electrons. The largest absolute Gasteiger partial charge is 0.459 e. The summed E-state index contributed by atoms with van der Waals surface area (Å²) in [5.41, 5.74) is 2.54. The van der Waals surface area contributed by atoms with Gasteiger partial charge in [-0.3, -0.25) is 4.79 Å². The maximum Gasteiger partial charge on any atom is 0.337 e. The molecule has 1 fully saturated rings. The van der Waals surface area contributed by atoms with E-state index >= 15 is 0 Å². The normalized spacial score (nSPS) is 23.0. The zero-order valence-electron chi connectivity index (χ0n) is 15.8. The van der Waals surface area contributed by atoms with E-state index in [1.54, 1.807) is 6.92 Å². The van der Waals surface area contributed by atoms with E-state index in [1.165, 1.54) is 6.07 Å². The molecule has 4 rings (SSSR count). The van der Waals surface area contributed by atoms with Crippen molar-refractivity contribution in [2.24, 2.45) is 0 Å². The quantitative estimate of drug-likeness (QED) is 0.780. The highest BCUT2D eigenvalue weighted by Gasteiger charge is 2.40. The number of ether oxygens (including phenoxy) is 1. The molecule has 0 radical (unpaired) electrons. The van der Waals surface area contributed by atoms with Crippen molar-refractivity contribution in [3.8, 4) is 0 Å². The standard InChI is InChI=1S/C22H23F2NO3/c1-12-19(22(27)28-14-5-2-3-6-14)20(13-9-10-15(23)16(24)11-13)21-17(25-12)7-4-8-18(21)26/h9-11,14,20,25H,2-8H2,1H3/t20-/m1/s1. The van der Waals surface area contributed by atoms with E-state index < -0.39 is 23.5 Å². The number of dihydropyridines is 1. The van der Waals surface area contributed by atoms with E-state index in [4.69, 9.17) is 4.74 Å². The van der Waals surface area contributed by atoms with E-state index in [0.29, 0.717) is 35.2 Å². The first kappa shape index (κ1) is 18.8. The van der Waals surface area contributed by atoms with Crippen molar-refractivity contribution in [2.75, 3.05) is 0 Å². The molecule has 4 nitrogen and oxygen atoms in total. The van der Waals surface area contributed by atoms with Crippen LogP contribution >= 0.6 is 0 Å². The second-order valence-corrected chi connectivity index (χ2v) is 7.75. The van der Waals surface area contributed by atoms with Gasteiger partial charge in [0.15, 0.2) is 17.4 Å². The van der Waals surface area contributed by atoms with Gasteiger partial charge in [0.1, 0.15) is 6.10 Å². The highest BCUT2D eigenvalue weighted by Crippen LogP contribution is 2.43. The number of ketones is 1. The number of halogens is 2. The lowest BCUT2D eigenvalue weighted by Crippen LogP contribution is -2.35. The number of rotatable bonds is 3. The Hall–Kier alpha value is -2.50. The van der Waals surface area contributed by atoms with Gasteiger partial charge in [0.2, 0.25) is 0 Å². The first-order valence-electron chi connectivity index (χ1n) is 9.85. The topological polar surface area (TPSA) is 55.4 Å². The van der Waals surface area contributed by atoms with Gasteiger partial charge in [-0.15, -0.1) is 0 Å². The van der Waals surface area contributed by atoms with Gasteiger partial charge < -0.3 is 10.1 Å². The number of hydrogen-bond donors (Lipinski definition) is 1. The summed E-state index contributed by atoms with van der Waals surface area (Å²) in [5.74, 6) is -3.26. The molecule has 3 aliphatic rings. The molecule has 1 heterocycles. The first-order valence-corrected chi connectivity index (χ1v) is 9.85. The SMILES string of the molecule is CC1=C(C(=O)OC2CCCC2)[C@@H](c2ccc(F)c(F)c2)C2=C(CCCC2=O)N1.